The number of rotatable bonds is 11. The number of halogens is 1. The van der Waals surface area contributed by atoms with Crippen LogP contribution < -0.4 is 10.4 Å². The molecule has 0 aliphatic carbocycles. The highest BCUT2D eigenvalue weighted by Gasteiger charge is 2.23. The third-order valence-corrected chi connectivity index (χ3v) is 6.32. The fraction of sp³-hybridized carbons (Fsp3) is 0.538. The van der Waals surface area contributed by atoms with E-state index in [9.17, 15) is 10.1 Å². The summed E-state index contributed by atoms with van der Waals surface area (Å²) in [5.74, 6) is 0.110. The van der Waals surface area contributed by atoms with Crippen LogP contribution in [0.25, 0.3) is 0 Å². The van der Waals surface area contributed by atoms with Gasteiger partial charge < -0.3 is 9.80 Å². The Balaban J connectivity index is 1.63. The van der Waals surface area contributed by atoms with Gasteiger partial charge >= 0.3 is 0 Å². The molecule has 1 aromatic carbocycles. The Bertz CT molecular complexity index is 1030. The number of hydrogen-bond donors (Lipinski definition) is 1. The molecular formula is C26H37ClN8O. The second-order valence-electron chi connectivity index (χ2n) is 9.85. The summed E-state index contributed by atoms with van der Waals surface area (Å²) in [4.78, 5) is 28.7. The summed E-state index contributed by atoms with van der Waals surface area (Å²) in [5.41, 5.74) is 4.79. The van der Waals surface area contributed by atoms with Crippen LogP contribution in [0, 0.1) is 17.2 Å². The number of aromatic nitrogens is 2. The van der Waals surface area contributed by atoms with Gasteiger partial charge in [0.15, 0.2) is 5.82 Å². The van der Waals surface area contributed by atoms with Crippen molar-refractivity contribution in [2.24, 2.45) is 5.92 Å². The number of nitrogens with zero attached hydrogens (tertiary/aromatic N) is 7. The number of hydrogen-bond acceptors (Lipinski definition) is 8. The van der Waals surface area contributed by atoms with Gasteiger partial charge in [-0.05, 0) is 57.2 Å². The number of carbonyl (C=O) groups excluding carboxylic acids is 1. The maximum Gasteiger partial charge on any atom is 0.274 e. The van der Waals surface area contributed by atoms with Gasteiger partial charge in [0.05, 0.1) is 6.20 Å². The monoisotopic (exact) mass is 512 g/mol. The van der Waals surface area contributed by atoms with Crippen molar-refractivity contribution in [3.05, 3.63) is 52.4 Å². The fourth-order valence-electron chi connectivity index (χ4n) is 4.01. The van der Waals surface area contributed by atoms with E-state index < -0.39 is 0 Å². The van der Waals surface area contributed by atoms with Crippen molar-refractivity contribution in [2.75, 3.05) is 64.9 Å². The van der Waals surface area contributed by atoms with E-state index in [1.54, 1.807) is 0 Å². The van der Waals surface area contributed by atoms with Crippen LogP contribution in [0.5, 0.6) is 0 Å². The lowest BCUT2D eigenvalue weighted by Gasteiger charge is -2.35. The molecule has 3 rings (SSSR count). The molecule has 194 valence electrons. The molecule has 1 aromatic heterocycles. The van der Waals surface area contributed by atoms with Gasteiger partial charge in [-0.1, -0.05) is 37.6 Å². The molecule has 1 aliphatic heterocycles. The minimum atomic E-state index is -0.293. The first kappa shape index (κ1) is 28.0. The number of nitrogens with one attached hydrogen (secondary N) is 1. The number of nitriles is 1. The molecule has 0 bridgehead atoms. The molecule has 0 radical (unpaired) electrons. The smallest absolute Gasteiger partial charge is 0.274 e. The lowest BCUT2D eigenvalue weighted by molar-refractivity contribution is 0.0972. The van der Waals surface area contributed by atoms with Crippen molar-refractivity contribution in [1.82, 2.24) is 30.1 Å². The number of anilines is 1. The average Bonchev–Trinajstić information content (AvgIpc) is 2.86. The van der Waals surface area contributed by atoms with Crippen molar-refractivity contribution in [3.8, 4) is 6.07 Å². The molecule has 0 saturated carbocycles. The van der Waals surface area contributed by atoms with E-state index in [0.29, 0.717) is 12.1 Å². The third kappa shape index (κ3) is 8.22. The molecule has 0 atom stereocenters. The van der Waals surface area contributed by atoms with Gasteiger partial charge in [0.2, 0.25) is 5.82 Å². The zero-order valence-corrected chi connectivity index (χ0v) is 22.5. The Hall–Kier alpha value is -2.61. The van der Waals surface area contributed by atoms with Crippen molar-refractivity contribution >= 4 is 23.3 Å². The molecule has 1 aliphatic rings. The Labute approximate surface area is 219 Å². The Morgan fingerprint density at radius 3 is 2.44 bits per heavy atom. The molecule has 2 heterocycles. The lowest BCUT2D eigenvalue weighted by Crippen LogP contribution is -2.46. The minimum absolute atomic E-state index is 0.0494. The SMILES string of the molecule is CC(C)CNN(C(=O)c1ccc(CN2CCN(CCCN(C)C)CC2)cc1)c1nc(C#N)ncc1Cl. The number of carbonyl (C=O) groups is 1. The molecular weight excluding hydrogens is 476 g/mol. The number of amides is 1. The molecule has 10 heteroatoms. The van der Waals surface area contributed by atoms with E-state index in [1.165, 1.54) is 23.2 Å². The van der Waals surface area contributed by atoms with Crippen LogP contribution in [0.4, 0.5) is 5.82 Å². The highest BCUT2D eigenvalue weighted by molar-refractivity contribution is 6.33. The van der Waals surface area contributed by atoms with Crippen molar-refractivity contribution in [2.45, 2.75) is 26.8 Å². The van der Waals surface area contributed by atoms with Crippen LogP contribution in [0.1, 0.15) is 42.0 Å². The zero-order valence-electron chi connectivity index (χ0n) is 21.7. The topological polar surface area (TPSA) is 91.6 Å². The highest BCUT2D eigenvalue weighted by Crippen LogP contribution is 2.23. The van der Waals surface area contributed by atoms with Gasteiger partial charge in [0.1, 0.15) is 11.1 Å². The summed E-state index contributed by atoms with van der Waals surface area (Å²) < 4.78 is 0. The summed E-state index contributed by atoms with van der Waals surface area (Å²) in [6.45, 7) is 12.0. The van der Waals surface area contributed by atoms with Crippen LogP contribution >= 0.6 is 11.6 Å². The minimum Gasteiger partial charge on any atom is -0.309 e. The fourth-order valence-corrected chi connectivity index (χ4v) is 4.18. The first-order valence-corrected chi connectivity index (χ1v) is 12.8. The largest absolute Gasteiger partial charge is 0.309 e. The van der Waals surface area contributed by atoms with Gasteiger partial charge in [0, 0.05) is 44.8 Å². The summed E-state index contributed by atoms with van der Waals surface area (Å²) in [5, 5.41) is 10.7. The van der Waals surface area contributed by atoms with Gasteiger partial charge in [0.25, 0.3) is 5.91 Å². The first-order chi connectivity index (χ1) is 17.3. The molecule has 36 heavy (non-hydrogen) atoms. The van der Waals surface area contributed by atoms with E-state index in [4.69, 9.17) is 11.6 Å². The van der Waals surface area contributed by atoms with Gasteiger partial charge in [-0.2, -0.15) is 10.2 Å². The molecule has 1 amide bonds. The summed E-state index contributed by atoms with van der Waals surface area (Å²) in [7, 11) is 4.23. The molecule has 1 N–H and O–H groups in total. The molecule has 0 unspecified atom stereocenters. The second kappa shape index (κ2) is 13.6. The predicted octanol–water partition coefficient (Wildman–Crippen LogP) is 2.88. The molecule has 2 aromatic rings. The molecule has 1 fully saturated rings. The van der Waals surface area contributed by atoms with Gasteiger partial charge in [-0.15, -0.1) is 0 Å². The Kier molecular flexibility index (Phi) is 10.6. The Morgan fingerprint density at radius 1 is 1.17 bits per heavy atom. The van der Waals surface area contributed by atoms with Crippen LogP contribution in [0.15, 0.2) is 30.5 Å². The number of piperazine rings is 1. The maximum atomic E-state index is 13.4. The lowest BCUT2D eigenvalue weighted by atomic mass is 10.1. The predicted molar refractivity (Wildman–Crippen MR) is 143 cm³/mol. The van der Waals surface area contributed by atoms with Crippen molar-refractivity contribution < 1.29 is 4.79 Å². The number of hydrazine groups is 1. The normalized spacial score (nSPS) is 14.8. The summed E-state index contributed by atoms with van der Waals surface area (Å²) >= 11 is 6.30. The highest BCUT2D eigenvalue weighted by atomic mass is 35.5. The van der Waals surface area contributed by atoms with E-state index in [-0.39, 0.29) is 28.5 Å². The summed E-state index contributed by atoms with van der Waals surface area (Å²) in [6, 6.07) is 9.57. The van der Waals surface area contributed by atoms with E-state index in [1.807, 2.05) is 44.2 Å². The number of benzene rings is 1. The van der Waals surface area contributed by atoms with E-state index in [2.05, 4.69) is 44.2 Å². The average molecular weight is 513 g/mol. The molecule has 9 nitrogen and oxygen atoms in total. The van der Waals surface area contributed by atoms with Crippen LogP contribution in [-0.4, -0.2) is 90.5 Å². The molecule has 0 spiro atoms. The zero-order chi connectivity index (χ0) is 26.1. The van der Waals surface area contributed by atoms with Crippen LogP contribution in [0.3, 0.4) is 0 Å². The maximum absolute atomic E-state index is 13.4. The standard InChI is InChI=1S/C26H37ClN8O/c1-20(2)17-30-35(25-23(27)18-29-24(16-28)31-25)26(36)22-8-6-21(7-9-22)19-34-14-12-33(13-15-34)11-5-10-32(3)4/h6-9,18,20,30H,5,10-15,17,19H2,1-4H3. The van der Waals surface area contributed by atoms with Gasteiger partial charge in [-0.25, -0.2) is 15.4 Å². The van der Waals surface area contributed by atoms with Crippen molar-refractivity contribution in [3.63, 3.8) is 0 Å². The summed E-state index contributed by atoms with van der Waals surface area (Å²) in [6.07, 6.45) is 2.54. The third-order valence-electron chi connectivity index (χ3n) is 6.05. The quantitative estimate of drug-likeness (QED) is 0.459. The van der Waals surface area contributed by atoms with Crippen molar-refractivity contribution in [1.29, 1.82) is 5.26 Å². The first-order valence-electron chi connectivity index (χ1n) is 12.5. The van der Waals surface area contributed by atoms with Gasteiger partial charge in [-0.3, -0.25) is 9.69 Å². The Morgan fingerprint density at radius 2 is 1.83 bits per heavy atom. The van der Waals surface area contributed by atoms with E-state index in [0.717, 1.165) is 45.8 Å². The van der Waals surface area contributed by atoms with E-state index >= 15 is 0 Å². The second-order valence-corrected chi connectivity index (χ2v) is 10.3. The van der Waals surface area contributed by atoms with Crippen LogP contribution in [-0.2, 0) is 6.54 Å². The van der Waals surface area contributed by atoms with Crippen LogP contribution in [0.2, 0.25) is 5.02 Å². The molecule has 1 saturated heterocycles.